The van der Waals surface area contributed by atoms with Crippen LogP contribution in [0.1, 0.15) is 65.4 Å². The second-order valence-corrected chi connectivity index (χ2v) is 9.03. The molecule has 0 aromatic carbocycles. The van der Waals surface area contributed by atoms with E-state index in [9.17, 15) is 9.90 Å². The fraction of sp³-hybridized carbons (Fsp3) is 0.696. The molecular formula is C23H40IN5O3. The quantitative estimate of drug-likeness (QED) is 0.194. The van der Waals surface area contributed by atoms with Crippen LogP contribution in [-0.2, 0) is 11.3 Å². The molecule has 0 spiro atoms. The molecule has 1 heterocycles. The molecule has 8 nitrogen and oxygen atoms in total. The summed E-state index contributed by atoms with van der Waals surface area (Å²) in [6.45, 7) is 10.0. The first-order valence-corrected chi connectivity index (χ1v) is 11.4. The molecule has 0 radical (unpaired) electrons. The number of carbonyl (C=O) groups is 1. The van der Waals surface area contributed by atoms with Crippen molar-refractivity contribution in [1.29, 1.82) is 0 Å². The number of hydrogen-bond acceptors (Lipinski definition) is 5. The standard InChI is InChI=1S/C23H39N5O3.HI/c1-5-25-21(27-19-9-11-20(29)12-10-19)26-14-7-15-28(22(30)31-23(2,3)4)17-18-8-6-13-24-16-18;/h6,8,13,16,19-20,29H,5,7,9-12,14-15,17H2,1-4H3,(H2,25,26,27);1H. The van der Waals surface area contributed by atoms with Gasteiger partial charge in [-0.3, -0.25) is 9.98 Å². The maximum atomic E-state index is 12.7. The molecule has 1 fully saturated rings. The largest absolute Gasteiger partial charge is 0.444 e. The van der Waals surface area contributed by atoms with Gasteiger partial charge < -0.3 is 25.4 Å². The maximum Gasteiger partial charge on any atom is 0.410 e. The molecule has 1 aliphatic carbocycles. The third kappa shape index (κ3) is 11.3. The lowest BCUT2D eigenvalue weighted by molar-refractivity contribution is 0.0232. The fourth-order valence-corrected chi connectivity index (χ4v) is 3.46. The number of aliphatic imine (C=N–C) groups is 1. The lowest BCUT2D eigenvalue weighted by Crippen LogP contribution is -2.45. The second-order valence-electron chi connectivity index (χ2n) is 9.03. The average molecular weight is 562 g/mol. The van der Waals surface area contributed by atoms with Crippen LogP contribution in [0.15, 0.2) is 29.5 Å². The topological polar surface area (TPSA) is 99.1 Å². The van der Waals surface area contributed by atoms with Crippen molar-refractivity contribution in [2.45, 2.75) is 84.1 Å². The van der Waals surface area contributed by atoms with Gasteiger partial charge in [0.1, 0.15) is 5.60 Å². The van der Waals surface area contributed by atoms with Gasteiger partial charge in [-0.05, 0) is 71.4 Å². The van der Waals surface area contributed by atoms with E-state index in [2.05, 4.69) is 20.6 Å². The summed E-state index contributed by atoms with van der Waals surface area (Å²) >= 11 is 0. The highest BCUT2D eigenvalue weighted by molar-refractivity contribution is 14.0. The van der Waals surface area contributed by atoms with E-state index in [-0.39, 0.29) is 36.2 Å². The number of aromatic nitrogens is 1. The van der Waals surface area contributed by atoms with Crippen LogP contribution in [0.3, 0.4) is 0 Å². The van der Waals surface area contributed by atoms with Crippen molar-refractivity contribution in [2.75, 3.05) is 19.6 Å². The van der Waals surface area contributed by atoms with Gasteiger partial charge in [0, 0.05) is 38.1 Å². The number of aliphatic hydroxyl groups excluding tert-OH is 1. The van der Waals surface area contributed by atoms with Crippen LogP contribution in [0.5, 0.6) is 0 Å². The van der Waals surface area contributed by atoms with Crippen LogP contribution < -0.4 is 10.6 Å². The van der Waals surface area contributed by atoms with Gasteiger partial charge in [0.05, 0.1) is 12.6 Å². The zero-order valence-corrected chi connectivity index (χ0v) is 22.2. The molecule has 1 saturated carbocycles. The molecule has 0 bridgehead atoms. The van der Waals surface area contributed by atoms with Crippen molar-refractivity contribution in [1.82, 2.24) is 20.5 Å². The Labute approximate surface area is 209 Å². The summed E-state index contributed by atoms with van der Waals surface area (Å²) in [5.74, 6) is 0.792. The molecule has 0 atom stereocenters. The average Bonchev–Trinajstić information content (AvgIpc) is 2.71. The Bertz CT molecular complexity index is 689. The van der Waals surface area contributed by atoms with Crippen molar-refractivity contribution in [3.05, 3.63) is 30.1 Å². The van der Waals surface area contributed by atoms with E-state index < -0.39 is 5.60 Å². The Morgan fingerprint density at radius 3 is 2.62 bits per heavy atom. The number of carbonyl (C=O) groups excluding carboxylic acids is 1. The van der Waals surface area contributed by atoms with Gasteiger partial charge in [-0.2, -0.15) is 0 Å². The highest BCUT2D eigenvalue weighted by Gasteiger charge is 2.22. The van der Waals surface area contributed by atoms with Gasteiger partial charge in [0.15, 0.2) is 5.96 Å². The van der Waals surface area contributed by atoms with Crippen LogP contribution in [0.2, 0.25) is 0 Å². The summed E-state index contributed by atoms with van der Waals surface area (Å²) in [6, 6.07) is 4.16. The molecule has 0 unspecified atom stereocenters. The Hall–Kier alpha value is -1.62. The Morgan fingerprint density at radius 1 is 1.31 bits per heavy atom. The number of nitrogens with one attached hydrogen (secondary N) is 2. The summed E-state index contributed by atoms with van der Waals surface area (Å²) in [5, 5.41) is 16.5. The SMILES string of the molecule is CCNC(=NCCCN(Cc1cccnc1)C(=O)OC(C)(C)C)NC1CCC(O)CC1.I. The monoisotopic (exact) mass is 561 g/mol. The van der Waals surface area contributed by atoms with Crippen LogP contribution >= 0.6 is 24.0 Å². The Morgan fingerprint density at radius 2 is 2.03 bits per heavy atom. The summed E-state index contributed by atoms with van der Waals surface area (Å²) in [6.07, 6.45) is 7.27. The van der Waals surface area contributed by atoms with Crippen molar-refractivity contribution >= 4 is 36.0 Å². The molecule has 1 amide bonds. The molecule has 1 aromatic heterocycles. The van der Waals surface area contributed by atoms with Gasteiger partial charge in [0.25, 0.3) is 0 Å². The minimum Gasteiger partial charge on any atom is -0.444 e. The number of nitrogens with zero attached hydrogens (tertiary/aromatic N) is 3. The van der Waals surface area contributed by atoms with Gasteiger partial charge in [-0.15, -0.1) is 24.0 Å². The van der Waals surface area contributed by atoms with Crippen molar-refractivity contribution < 1.29 is 14.6 Å². The molecule has 9 heteroatoms. The third-order valence-electron chi connectivity index (χ3n) is 4.99. The van der Waals surface area contributed by atoms with E-state index >= 15 is 0 Å². The van der Waals surface area contributed by atoms with E-state index in [1.165, 1.54) is 0 Å². The zero-order valence-electron chi connectivity index (χ0n) is 19.8. The highest BCUT2D eigenvalue weighted by Crippen LogP contribution is 2.18. The van der Waals surface area contributed by atoms with E-state index in [0.717, 1.165) is 50.2 Å². The second kappa shape index (κ2) is 14.5. The van der Waals surface area contributed by atoms with Crippen molar-refractivity contribution in [3.63, 3.8) is 0 Å². The van der Waals surface area contributed by atoms with Gasteiger partial charge in [-0.1, -0.05) is 6.07 Å². The van der Waals surface area contributed by atoms with Gasteiger partial charge in [-0.25, -0.2) is 4.79 Å². The number of amides is 1. The predicted octanol–water partition coefficient (Wildman–Crippen LogP) is 3.69. The first kappa shape index (κ1) is 28.4. The summed E-state index contributed by atoms with van der Waals surface area (Å²) in [4.78, 5) is 23.2. The first-order valence-electron chi connectivity index (χ1n) is 11.4. The molecule has 0 saturated heterocycles. The van der Waals surface area contributed by atoms with Crippen molar-refractivity contribution in [3.8, 4) is 0 Å². The normalized spacial score (nSPS) is 19.0. The molecule has 1 aliphatic rings. The van der Waals surface area contributed by atoms with Crippen LogP contribution in [-0.4, -0.2) is 64.4 Å². The van der Waals surface area contributed by atoms with E-state index in [0.29, 0.717) is 25.7 Å². The van der Waals surface area contributed by atoms with Crippen molar-refractivity contribution in [2.24, 2.45) is 4.99 Å². The molecule has 3 N–H and O–H groups in total. The lowest BCUT2D eigenvalue weighted by atomic mass is 9.93. The summed E-state index contributed by atoms with van der Waals surface area (Å²) in [7, 11) is 0. The van der Waals surface area contributed by atoms with Gasteiger partial charge in [0.2, 0.25) is 0 Å². The molecule has 1 aromatic rings. The minimum atomic E-state index is -0.544. The molecule has 0 aliphatic heterocycles. The number of aliphatic hydroxyl groups is 1. The smallest absolute Gasteiger partial charge is 0.410 e. The minimum absolute atomic E-state index is 0. The molecular weight excluding hydrogens is 521 g/mol. The zero-order chi connectivity index (χ0) is 22.7. The molecule has 2 rings (SSSR count). The number of guanidine groups is 1. The number of hydrogen-bond donors (Lipinski definition) is 3. The Balaban J connectivity index is 0.00000512. The lowest BCUT2D eigenvalue weighted by Gasteiger charge is -2.28. The number of rotatable bonds is 8. The first-order chi connectivity index (χ1) is 14.8. The summed E-state index contributed by atoms with van der Waals surface area (Å²) < 4.78 is 5.58. The fourth-order valence-electron chi connectivity index (χ4n) is 3.46. The number of pyridine rings is 1. The molecule has 182 valence electrons. The summed E-state index contributed by atoms with van der Waals surface area (Å²) in [5.41, 5.74) is 0.421. The van der Waals surface area contributed by atoms with E-state index in [1.807, 2.05) is 39.8 Å². The van der Waals surface area contributed by atoms with E-state index in [4.69, 9.17) is 4.74 Å². The maximum absolute atomic E-state index is 12.7. The van der Waals surface area contributed by atoms with Crippen LogP contribution in [0.25, 0.3) is 0 Å². The van der Waals surface area contributed by atoms with E-state index in [1.54, 1.807) is 17.3 Å². The highest BCUT2D eigenvalue weighted by atomic mass is 127. The van der Waals surface area contributed by atoms with Crippen LogP contribution in [0, 0.1) is 0 Å². The number of halogens is 1. The molecule has 32 heavy (non-hydrogen) atoms. The van der Waals surface area contributed by atoms with Gasteiger partial charge >= 0.3 is 6.09 Å². The Kier molecular flexibility index (Phi) is 12.9. The third-order valence-corrected chi connectivity index (χ3v) is 4.99. The predicted molar refractivity (Wildman–Crippen MR) is 138 cm³/mol. The van der Waals surface area contributed by atoms with Crippen LogP contribution in [0.4, 0.5) is 4.79 Å². The number of ether oxygens (including phenoxy) is 1.